The molecule has 0 bridgehead atoms. The number of hydrazine groups is 1. The van der Waals surface area contributed by atoms with Crippen molar-refractivity contribution >= 4 is 63.3 Å². The zero-order chi connectivity index (χ0) is 18.4. The average molecular weight is 396 g/mol. The molecule has 25 heavy (non-hydrogen) atoms. The Morgan fingerprint density at radius 2 is 1.64 bits per heavy atom. The number of para-hydroxylation sites is 1. The molecule has 0 unspecified atom stereocenters. The van der Waals surface area contributed by atoms with E-state index < -0.39 is 4.92 Å². The third kappa shape index (κ3) is 5.52. The molecule has 10 heteroatoms. The Morgan fingerprint density at radius 3 is 2.24 bits per heavy atom. The van der Waals surface area contributed by atoms with Crippen molar-refractivity contribution in [1.29, 1.82) is 0 Å². The number of anilines is 2. The molecule has 0 aliphatic rings. The lowest BCUT2D eigenvalue weighted by Gasteiger charge is -2.15. The molecule has 7 nitrogen and oxygen atoms in total. The number of nitrogens with zero attached hydrogens (tertiary/aromatic N) is 1. The number of halogens is 1. The molecule has 0 amide bonds. The zero-order valence-electron chi connectivity index (χ0n) is 13.0. The smallest absolute Gasteiger partial charge is 0.271 e. The van der Waals surface area contributed by atoms with Crippen LogP contribution in [0.3, 0.4) is 0 Å². The fraction of sp³-hybridized carbons (Fsp3) is 0.0667. The third-order valence-corrected chi connectivity index (χ3v) is 3.83. The predicted molar refractivity (Wildman–Crippen MR) is 108 cm³/mol. The topological polar surface area (TPSA) is 91.3 Å². The molecule has 0 atom stereocenters. The largest absolute Gasteiger partial charge is 0.331 e. The van der Waals surface area contributed by atoms with Crippen LogP contribution >= 0.6 is 36.0 Å². The summed E-state index contributed by atoms with van der Waals surface area (Å²) in [4.78, 5) is 10.3. The number of hydrogen-bond acceptors (Lipinski definition) is 4. The standard InChI is InChI=1S/C15H14ClN5O2S2/c1-9-4-2-3-5-12(9)17-14(24)19-20-15(25)18-13-8-10(21(22)23)6-7-11(13)16/h2-8H,1H3,(H2,17,19,24)(H2,18,20,25). The molecule has 0 fully saturated rings. The second-order valence-corrected chi connectivity index (χ2v) is 6.12. The van der Waals surface area contributed by atoms with E-state index in [1.54, 1.807) is 0 Å². The second kappa shape index (κ2) is 8.56. The van der Waals surface area contributed by atoms with Crippen molar-refractivity contribution in [2.45, 2.75) is 6.92 Å². The van der Waals surface area contributed by atoms with Crippen molar-refractivity contribution in [2.75, 3.05) is 10.6 Å². The highest BCUT2D eigenvalue weighted by atomic mass is 35.5. The highest BCUT2D eigenvalue weighted by Gasteiger charge is 2.11. The van der Waals surface area contributed by atoms with E-state index in [2.05, 4.69) is 21.5 Å². The normalized spacial score (nSPS) is 9.84. The summed E-state index contributed by atoms with van der Waals surface area (Å²) in [6.07, 6.45) is 0. The minimum Gasteiger partial charge on any atom is -0.331 e. The summed E-state index contributed by atoms with van der Waals surface area (Å²) >= 11 is 16.3. The minimum atomic E-state index is -0.516. The maximum Gasteiger partial charge on any atom is 0.271 e. The van der Waals surface area contributed by atoms with Crippen LogP contribution in [-0.2, 0) is 0 Å². The SMILES string of the molecule is Cc1ccccc1NC(=S)NNC(=S)Nc1cc([N+](=O)[O-])ccc1Cl. The van der Waals surface area contributed by atoms with E-state index in [4.69, 9.17) is 36.0 Å². The summed E-state index contributed by atoms with van der Waals surface area (Å²) in [5, 5.41) is 17.4. The van der Waals surface area contributed by atoms with Crippen LogP contribution in [0.4, 0.5) is 17.1 Å². The molecule has 2 rings (SSSR count). The number of aryl methyl sites for hydroxylation is 1. The van der Waals surface area contributed by atoms with E-state index in [1.165, 1.54) is 18.2 Å². The Labute approximate surface area is 159 Å². The lowest BCUT2D eigenvalue weighted by molar-refractivity contribution is -0.384. The zero-order valence-corrected chi connectivity index (χ0v) is 15.4. The molecule has 130 valence electrons. The first-order valence-electron chi connectivity index (χ1n) is 7.00. The van der Waals surface area contributed by atoms with Gasteiger partial charge in [0.2, 0.25) is 0 Å². The Bertz CT molecular complexity index is 831. The van der Waals surface area contributed by atoms with Crippen LogP contribution in [0.5, 0.6) is 0 Å². The molecule has 0 aliphatic heterocycles. The van der Waals surface area contributed by atoms with E-state index >= 15 is 0 Å². The van der Waals surface area contributed by atoms with Crippen molar-refractivity contribution in [3.05, 3.63) is 63.2 Å². The molecule has 2 aromatic rings. The molecule has 4 N–H and O–H groups in total. The van der Waals surface area contributed by atoms with E-state index in [-0.39, 0.29) is 10.8 Å². The lowest BCUT2D eigenvalue weighted by atomic mass is 10.2. The lowest BCUT2D eigenvalue weighted by Crippen LogP contribution is -2.45. The van der Waals surface area contributed by atoms with E-state index in [9.17, 15) is 10.1 Å². The Balaban J connectivity index is 1.90. The molecule has 0 saturated heterocycles. The van der Waals surface area contributed by atoms with Crippen LogP contribution in [0.1, 0.15) is 5.56 Å². The van der Waals surface area contributed by atoms with Crippen molar-refractivity contribution in [2.24, 2.45) is 0 Å². The number of nitrogens with one attached hydrogen (secondary N) is 4. The van der Waals surface area contributed by atoms with Crippen LogP contribution in [0.25, 0.3) is 0 Å². The number of thiocarbonyl (C=S) groups is 2. The number of benzene rings is 2. The van der Waals surface area contributed by atoms with Gasteiger partial charge in [-0.3, -0.25) is 21.0 Å². The van der Waals surface area contributed by atoms with Gasteiger partial charge in [-0.1, -0.05) is 29.8 Å². The minimum absolute atomic E-state index is 0.0978. The fourth-order valence-corrected chi connectivity index (χ4v) is 2.34. The molecule has 0 heterocycles. The van der Waals surface area contributed by atoms with Gasteiger partial charge in [-0.2, -0.15) is 0 Å². The Kier molecular flexibility index (Phi) is 6.45. The highest BCUT2D eigenvalue weighted by Crippen LogP contribution is 2.26. The van der Waals surface area contributed by atoms with Crippen LogP contribution in [-0.4, -0.2) is 15.1 Å². The summed E-state index contributed by atoms with van der Waals surface area (Å²) in [5.74, 6) is 0. The number of nitro groups is 1. The van der Waals surface area contributed by atoms with Crippen molar-refractivity contribution in [1.82, 2.24) is 10.9 Å². The first-order chi connectivity index (χ1) is 11.9. The van der Waals surface area contributed by atoms with Gasteiger partial charge in [0.25, 0.3) is 5.69 Å². The summed E-state index contributed by atoms with van der Waals surface area (Å²) in [5.41, 5.74) is 7.53. The quantitative estimate of drug-likeness (QED) is 0.355. The van der Waals surface area contributed by atoms with Gasteiger partial charge in [-0.25, -0.2) is 0 Å². The molecular formula is C15H14ClN5O2S2. The first-order valence-corrected chi connectivity index (χ1v) is 8.20. The molecule has 0 saturated carbocycles. The van der Waals surface area contributed by atoms with Crippen LogP contribution in [0.2, 0.25) is 5.02 Å². The summed E-state index contributed by atoms with van der Waals surface area (Å²) in [6, 6.07) is 11.7. The summed E-state index contributed by atoms with van der Waals surface area (Å²) in [6.45, 7) is 1.95. The Morgan fingerprint density at radius 1 is 1.04 bits per heavy atom. The molecule has 2 aromatic carbocycles. The van der Waals surface area contributed by atoms with Gasteiger partial charge in [0.05, 0.1) is 15.6 Å². The molecule has 0 spiro atoms. The number of rotatable bonds is 3. The third-order valence-electron chi connectivity index (χ3n) is 3.09. The predicted octanol–water partition coefficient (Wildman–Crippen LogP) is 3.74. The van der Waals surface area contributed by atoms with E-state index in [1.807, 2.05) is 31.2 Å². The molecule has 0 aromatic heterocycles. The van der Waals surface area contributed by atoms with Gasteiger partial charge in [-0.15, -0.1) is 0 Å². The van der Waals surface area contributed by atoms with Crippen molar-refractivity contribution < 1.29 is 4.92 Å². The van der Waals surface area contributed by atoms with Crippen LogP contribution in [0, 0.1) is 17.0 Å². The maximum absolute atomic E-state index is 10.8. The van der Waals surface area contributed by atoms with E-state index in [0.29, 0.717) is 15.8 Å². The number of non-ortho nitro benzene ring substituents is 1. The highest BCUT2D eigenvalue weighted by molar-refractivity contribution is 7.81. The molecular weight excluding hydrogens is 382 g/mol. The first kappa shape index (κ1) is 18.8. The van der Waals surface area contributed by atoms with Crippen molar-refractivity contribution in [3.63, 3.8) is 0 Å². The number of hydrogen-bond donors (Lipinski definition) is 4. The van der Waals surface area contributed by atoms with Gasteiger partial charge in [0, 0.05) is 17.8 Å². The monoisotopic (exact) mass is 395 g/mol. The molecule has 0 radical (unpaired) electrons. The van der Waals surface area contributed by atoms with Crippen LogP contribution in [0.15, 0.2) is 42.5 Å². The average Bonchev–Trinajstić information content (AvgIpc) is 2.57. The van der Waals surface area contributed by atoms with Crippen LogP contribution < -0.4 is 21.5 Å². The van der Waals surface area contributed by atoms with Gasteiger partial charge in [-0.05, 0) is 49.1 Å². The van der Waals surface area contributed by atoms with Gasteiger partial charge in [0.1, 0.15) is 0 Å². The summed E-state index contributed by atoms with van der Waals surface area (Å²) < 4.78 is 0. The summed E-state index contributed by atoms with van der Waals surface area (Å²) in [7, 11) is 0. The fourth-order valence-electron chi connectivity index (χ4n) is 1.86. The maximum atomic E-state index is 10.8. The van der Waals surface area contributed by atoms with E-state index in [0.717, 1.165) is 11.3 Å². The van der Waals surface area contributed by atoms with Crippen molar-refractivity contribution in [3.8, 4) is 0 Å². The van der Waals surface area contributed by atoms with Gasteiger partial charge >= 0.3 is 0 Å². The van der Waals surface area contributed by atoms with Gasteiger partial charge in [0.15, 0.2) is 10.2 Å². The Hall–Kier alpha value is -2.49. The number of nitro benzene ring substituents is 1. The second-order valence-electron chi connectivity index (χ2n) is 4.89. The molecule has 0 aliphatic carbocycles. The van der Waals surface area contributed by atoms with Gasteiger partial charge < -0.3 is 10.6 Å².